The maximum atomic E-state index is 13.0. The molecule has 0 saturated heterocycles. The second-order valence-electron chi connectivity index (χ2n) is 6.61. The largest absolute Gasteiger partial charge is 0.497 e. The number of nitrogens with zero attached hydrogens (tertiary/aromatic N) is 3. The van der Waals surface area contributed by atoms with Crippen molar-refractivity contribution in [1.29, 1.82) is 0 Å². The monoisotopic (exact) mass is 335 g/mol. The number of benzene rings is 1. The van der Waals surface area contributed by atoms with Crippen LogP contribution in [-0.4, -0.2) is 33.3 Å². The van der Waals surface area contributed by atoms with Crippen LogP contribution in [0.3, 0.4) is 0 Å². The third-order valence-electron chi connectivity index (χ3n) is 4.60. The molecule has 0 spiro atoms. The van der Waals surface area contributed by atoms with Crippen molar-refractivity contribution in [1.82, 2.24) is 14.3 Å². The number of pyridine rings is 1. The van der Waals surface area contributed by atoms with Gasteiger partial charge in [-0.25, -0.2) is 4.98 Å². The number of amides is 1. The third-order valence-corrected chi connectivity index (χ3v) is 4.60. The summed E-state index contributed by atoms with van der Waals surface area (Å²) in [6, 6.07) is 12.2. The van der Waals surface area contributed by atoms with Gasteiger partial charge in [0.1, 0.15) is 17.1 Å². The molecule has 0 radical (unpaired) electrons. The Morgan fingerprint density at radius 3 is 2.72 bits per heavy atom. The molecule has 1 fully saturated rings. The lowest BCUT2D eigenvalue weighted by atomic mass is 10.2. The number of aryl methyl sites for hydroxylation is 1. The van der Waals surface area contributed by atoms with Gasteiger partial charge in [-0.1, -0.05) is 12.1 Å². The van der Waals surface area contributed by atoms with Crippen LogP contribution < -0.4 is 4.74 Å². The van der Waals surface area contributed by atoms with Gasteiger partial charge in [0.2, 0.25) is 0 Å². The zero-order valence-electron chi connectivity index (χ0n) is 14.5. The van der Waals surface area contributed by atoms with Crippen molar-refractivity contribution in [2.75, 3.05) is 7.11 Å². The fraction of sp³-hybridized carbons (Fsp3) is 0.300. The molecule has 4 rings (SSSR count). The maximum absolute atomic E-state index is 13.0. The highest BCUT2D eigenvalue weighted by Crippen LogP contribution is 2.30. The van der Waals surface area contributed by atoms with Gasteiger partial charge in [0, 0.05) is 25.0 Å². The first-order valence-electron chi connectivity index (χ1n) is 8.53. The number of carbonyl (C=O) groups is 1. The highest BCUT2D eigenvalue weighted by molar-refractivity contribution is 5.93. The van der Waals surface area contributed by atoms with Crippen LogP contribution in [0.4, 0.5) is 0 Å². The van der Waals surface area contributed by atoms with Crippen LogP contribution in [0.5, 0.6) is 5.75 Å². The third kappa shape index (κ3) is 3.22. The molecule has 1 amide bonds. The maximum Gasteiger partial charge on any atom is 0.274 e. The molecular formula is C20H21N3O2. The van der Waals surface area contributed by atoms with E-state index in [1.54, 1.807) is 7.11 Å². The minimum absolute atomic E-state index is 0.000305. The molecule has 0 N–H and O–H groups in total. The Hall–Kier alpha value is -2.82. The highest BCUT2D eigenvalue weighted by Gasteiger charge is 2.34. The van der Waals surface area contributed by atoms with E-state index in [1.165, 1.54) is 0 Å². The van der Waals surface area contributed by atoms with Gasteiger partial charge in [-0.15, -0.1) is 0 Å². The van der Waals surface area contributed by atoms with E-state index in [1.807, 2.05) is 65.0 Å². The van der Waals surface area contributed by atoms with Crippen LogP contribution in [0.1, 0.15) is 34.5 Å². The van der Waals surface area contributed by atoms with Crippen LogP contribution >= 0.6 is 0 Å². The molecule has 0 unspecified atom stereocenters. The van der Waals surface area contributed by atoms with Crippen molar-refractivity contribution < 1.29 is 9.53 Å². The lowest BCUT2D eigenvalue weighted by Crippen LogP contribution is -2.32. The van der Waals surface area contributed by atoms with Crippen LogP contribution in [0, 0.1) is 6.92 Å². The zero-order valence-corrected chi connectivity index (χ0v) is 14.5. The van der Waals surface area contributed by atoms with Crippen molar-refractivity contribution in [3.63, 3.8) is 0 Å². The molecule has 0 aliphatic heterocycles. The summed E-state index contributed by atoms with van der Waals surface area (Å²) < 4.78 is 7.10. The van der Waals surface area contributed by atoms with Crippen molar-refractivity contribution >= 4 is 11.6 Å². The van der Waals surface area contributed by atoms with Gasteiger partial charge in [-0.3, -0.25) is 4.79 Å². The molecule has 1 aliphatic rings. The lowest BCUT2D eigenvalue weighted by Gasteiger charge is -2.21. The number of fused-ring (bicyclic) bond motifs is 1. The van der Waals surface area contributed by atoms with E-state index in [-0.39, 0.29) is 5.91 Å². The quantitative estimate of drug-likeness (QED) is 0.717. The lowest BCUT2D eigenvalue weighted by molar-refractivity contribution is 0.0724. The molecule has 2 aromatic heterocycles. The minimum atomic E-state index is -0.000305. The van der Waals surface area contributed by atoms with Gasteiger partial charge >= 0.3 is 0 Å². The number of rotatable bonds is 5. The van der Waals surface area contributed by atoms with Gasteiger partial charge in [-0.05, 0) is 55.2 Å². The smallest absolute Gasteiger partial charge is 0.274 e. The first kappa shape index (κ1) is 15.7. The van der Waals surface area contributed by atoms with Crippen LogP contribution in [0.2, 0.25) is 0 Å². The van der Waals surface area contributed by atoms with Crippen molar-refractivity contribution in [2.24, 2.45) is 0 Å². The fourth-order valence-electron chi connectivity index (χ4n) is 3.01. The molecule has 0 bridgehead atoms. The van der Waals surface area contributed by atoms with Gasteiger partial charge < -0.3 is 14.0 Å². The van der Waals surface area contributed by atoms with Crippen molar-refractivity contribution in [3.8, 4) is 5.75 Å². The van der Waals surface area contributed by atoms with E-state index in [4.69, 9.17) is 4.74 Å². The van der Waals surface area contributed by atoms with Gasteiger partial charge in [-0.2, -0.15) is 0 Å². The second-order valence-corrected chi connectivity index (χ2v) is 6.61. The van der Waals surface area contributed by atoms with E-state index in [0.29, 0.717) is 18.3 Å². The average molecular weight is 335 g/mol. The van der Waals surface area contributed by atoms with Crippen molar-refractivity contribution in [2.45, 2.75) is 32.4 Å². The second kappa shape index (κ2) is 6.24. The Balaban J connectivity index is 1.59. The number of hydrogen-bond donors (Lipinski definition) is 0. The predicted octanol–water partition coefficient (Wildman–Crippen LogP) is 3.46. The number of carbonyl (C=O) groups excluding carboxylic acids is 1. The minimum Gasteiger partial charge on any atom is -0.497 e. The number of aromatic nitrogens is 2. The zero-order chi connectivity index (χ0) is 17.4. The van der Waals surface area contributed by atoms with Gasteiger partial charge in [0.05, 0.1) is 7.11 Å². The molecule has 128 valence electrons. The first-order valence-corrected chi connectivity index (χ1v) is 8.53. The van der Waals surface area contributed by atoms with Crippen LogP contribution in [0.15, 0.2) is 48.8 Å². The van der Waals surface area contributed by atoms with Gasteiger partial charge in [0.25, 0.3) is 5.91 Å². The number of ether oxygens (including phenoxy) is 1. The van der Waals surface area contributed by atoms with Crippen LogP contribution in [0.25, 0.3) is 5.65 Å². The summed E-state index contributed by atoms with van der Waals surface area (Å²) in [6.45, 7) is 2.62. The van der Waals surface area contributed by atoms with Crippen LogP contribution in [-0.2, 0) is 6.54 Å². The predicted molar refractivity (Wildman–Crippen MR) is 95.8 cm³/mol. The van der Waals surface area contributed by atoms with Gasteiger partial charge in [0.15, 0.2) is 0 Å². The molecule has 5 heteroatoms. The Morgan fingerprint density at radius 1 is 1.28 bits per heavy atom. The van der Waals surface area contributed by atoms with E-state index >= 15 is 0 Å². The molecule has 5 nitrogen and oxygen atoms in total. The number of hydrogen-bond acceptors (Lipinski definition) is 3. The molecular weight excluding hydrogens is 314 g/mol. The Bertz CT molecular complexity index is 910. The normalized spacial score (nSPS) is 13.8. The van der Waals surface area contributed by atoms with E-state index in [0.717, 1.165) is 35.4 Å². The van der Waals surface area contributed by atoms with E-state index in [9.17, 15) is 4.79 Å². The summed E-state index contributed by atoms with van der Waals surface area (Å²) in [5.74, 6) is 0.823. The Labute approximate surface area is 146 Å². The average Bonchev–Trinajstić information content (AvgIpc) is 3.38. The number of methoxy groups -OCH3 is 1. The molecule has 3 aromatic rings. The number of imidazole rings is 1. The summed E-state index contributed by atoms with van der Waals surface area (Å²) in [5, 5.41) is 0. The molecule has 1 aromatic carbocycles. The summed E-state index contributed by atoms with van der Waals surface area (Å²) in [5.41, 5.74) is 3.55. The van der Waals surface area contributed by atoms with Crippen molar-refractivity contribution in [3.05, 3.63) is 65.6 Å². The molecule has 0 atom stereocenters. The first-order chi connectivity index (χ1) is 12.1. The van der Waals surface area contributed by atoms with E-state index in [2.05, 4.69) is 4.98 Å². The summed E-state index contributed by atoms with van der Waals surface area (Å²) in [7, 11) is 1.65. The molecule has 1 aliphatic carbocycles. The Morgan fingerprint density at radius 2 is 2.04 bits per heavy atom. The topological polar surface area (TPSA) is 46.8 Å². The SMILES string of the molecule is COc1ccc(CN(C(=O)c2cn3ccc(C)cc3n2)C2CC2)cc1. The fourth-order valence-corrected chi connectivity index (χ4v) is 3.01. The molecule has 1 saturated carbocycles. The summed E-state index contributed by atoms with van der Waals surface area (Å²) in [4.78, 5) is 19.5. The standard InChI is InChI=1S/C20H21N3O2/c1-14-9-10-22-13-18(21-19(22)11-14)20(24)23(16-5-6-16)12-15-3-7-17(25-2)8-4-15/h3-4,7-11,13,16H,5-6,12H2,1-2H3. The Kier molecular flexibility index (Phi) is 3.92. The summed E-state index contributed by atoms with van der Waals surface area (Å²) >= 11 is 0. The van der Waals surface area contributed by atoms with E-state index < -0.39 is 0 Å². The summed E-state index contributed by atoms with van der Waals surface area (Å²) in [6.07, 6.45) is 5.89. The molecule has 25 heavy (non-hydrogen) atoms. The molecule has 2 heterocycles. The highest BCUT2D eigenvalue weighted by atomic mass is 16.5.